The Bertz CT molecular complexity index is 674. The van der Waals surface area contributed by atoms with Crippen molar-refractivity contribution in [2.75, 3.05) is 25.3 Å². The summed E-state index contributed by atoms with van der Waals surface area (Å²) in [5, 5.41) is 2.79. The van der Waals surface area contributed by atoms with Gasteiger partial charge in [0.15, 0.2) is 0 Å². The maximum Gasteiger partial charge on any atom is 0.259 e. The normalized spacial score (nSPS) is 10.0. The Morgan fingerprint density at radius 1 is 1.14 bits per heavy atom. The summed E-state index contributed by atoms with van der Waals surface area (Å²) in [7, 11) is 3.06. The first-order valence-corrected chi connectivity index (χ1v) is 6.93. The largest absolute Gasteiger partial charge is 0.497 e. The van der Waals surface area contributed by atoms with Crippen molar-refractivity contribution in [3.63, 3.8) is 0 Å². The van der Waals surface area contributed by atoms with Gasteiger partial charge in [0.25, 0.3) is 5.91 Å². The summed E-state index contributed by atoms with van der Waals surface area (Å²) < 4.78 is 11.1. The van der Waals surface area contributed by atoms with E-state index in [4.69, 9.17) is 15.2 Å². The maximum absolute atomic E-state index is 12.3. The van der Waals surface area contributed by atoms with Crippen molar-refractivity contribution in [3.05, 3.63) is 46.4 Å². The number of ether oxygens (including phenoxy) is 2. The number of nitrogens with two attached hydrogens (primary N) is 1. The Balaban J connectivity index is 2.25. The molecule has 0 heterocycles. The summed E-state index contributed by atoms with van der Waals surface area (Å²) in [5.74, 6) is 0.797. The summed E-state index contributed by atoms with van der Waals surface area (Å²) in [4.78, 5) is 12.3. The molecule has 0 atom stereocenters. The highest BCUT2D eigenvalue weighted by Crippen LogP contribution is 2.27. The average molecular weight is 351 g/mol. The molecule has 0 saturated heterocycles. The van der Waals surface area contributed by atoms with Crippen molar-refractivity contribution >= 4 is 33.2 Å². The number of amides is 1. The number of carbonyl (C=O) groups excluding carboxylic acids is 1. The van der Waals surface area contributed by atoms with Crippen LogP contribution >= 0.6 is 15.9 Å². The van der Waals surface area contributed by atoms with E-state index in [2.05, 4.69) is 21.2 Å². The highest BCUT2D eigenvalue weighted by molar-refractivity contribution is 9.10. The van der Waals surface area contributed by atoms with Gasteiger partial charge >= 0.3 is 0 Å². The second kappa shape index (κ2) is 6.49. The fourth-order valence-electron chi connectivity index (χ4n) is 1.79. The minimum atomic E-state index is -0.272. The first-order chi connectivity index (χ1) is 10.0. The molecule has 0 radical (unpaired) electrons. The van der Waals surface area contributed by atoms with Gasteiger partial charge in [0.2, 0.25) is 0 Å². The first-order valence-electron chi connectivity index (χ1n) is 6.13. The second-order valence-corrected chi connectivity index (χ2v) is 5.11. The molecule has 0 aliphatic heterocycles. The van der Waals surface area contributed by atoms with Crippen LogP contribution in [0.15, 0.2) is 40.9 Å². The molecule has 21 heavy (non-hydrogen) atoms. The van der Waals surface area contributed by atoms with Gasteiger partial charge in [-0.05, 0) is 46.3 Å². The summed E-state index contributed by atoms with van der Waals surface area (Å²) in [6.07, 6.45) is 0. The topological polar surface area (TPSA) is 73.6 Å². The molecule has 6 heteroatoms. The fraction of sp³-hybridized carbons (Fsp3) is 0.133. The van der Waals surface area contributed by atoms with Gasteiger partial charge in [-0.1, -0.05) is 0 Å². The van der Waals surface area contributed by atoms with E-state index in [0.29, 0.717) is 28.4 Å². The van der Waals surface area contributed by atoms with E-state index in [1.54, 1.807) is 43.5 Å². The molecule has 3 N–H and O–H groups in total. The van der Waals surface area contributed by atoms with Gasteiger partial charge in [0, 0.05) is 21.9 Å². The highest BCUT2D eigenvalue weighted by atomic mass is 79.9. The molecule has 0 aliphatic carbocycles. The zero-order chi connectivity index (χ0) is 15.4. The van der Waals surface area contributed by atoms with Gasteiger partial charge in [-0.3, -0.25) is 4.79 Å². The summed E-state index contributed by atoms with van der Waals surface area (Å²) in [5.41, 5.74) is 7.38. The molecule has 110 valence electrons. The minimum Gasteiger partial charge on any atom is -0.497 e. The lowest BCUT2D eigenvalue weighted by atomic mass is 10.1. The van der Waals surface area contributed by atoms with Crippen LogP contribution in [0.2, 0.25) is 0 Å². The van der Waals surface area contributed by atoms with E-state index in [-0.39, 0.29) is 5.91 Å². The lowest BCUT2D eigenvalue weighted by Crippen LogP contribution is -2.13. The molecule has 5 nitrogen and oxygen atoms in total. The molecule has 0 bridgehead atoms. The van der Waals surface area contributed by atoms with E-state index in [1.807, 2.05) is 0 Å². The van der Waals surface area contributed by atoms with E-state index >= 15 is 0 Å². The van der Waals surface area contributed by atoms with Crippen LogP contribution in [0.5, 0.6) is 11.5 Å². The zero-order valence-corrected chi connectivity index (χ0v) is 13.2. The third kappa shape index (κ3) is 3.46. The maximum atomic E-state index is 12.3. The van der Waals surface area contributed by atoms with Crippen LogP contribution < -0.4 is 20.5 Å². The molecule has 1 amide bonds. The number of carbonyl (C=O) groups is 1. The van der Waals surface area contributed by atoms with Gasteiger partial charge in [0.1, 0.15) is 11.5 Å². The summed E-state index contributed by atoms with van der Waals surface area (Å²) in [6.45, 7) is 0. The minimum absolute atomic E-state index is 0.272. The SMILES string of the molecule is COc1ccc(C(=O)Nc2ccc(N)c(Br)c2)c(OC)c1. The van der Waals surface area contributed by atoms with Crippen molar-refractivity contribution in [2.45, 2.75) is 0 Å². The predicted molar refractivity (Wildman–Crippen MR) is 86.1 cm³/mol. The van der Waals surface area contributed by atoms with Crippen LogP contribution in [0.1, 0.15) is 10.4 Å². The third-order valence-corrected chi connectivity index (χ3v) is 3.60. The Morgan fingerprint density at radius 3 is 2.52 bits per heavy atom. The quantitative estimate of drug-likeness (QED) is 0.829. The number of anilines is 2. The third-order valence-electron chi connectivity index (χ3n) is 2.91. The Hall–Kier alpha value is -2.21. The zero-order valence-electron chi connectivity index (χ0n) is 11.6. The van der Waals surface area contributed by atoms with E-state index in [1.165, 1.54) is 7.11 Å². The standard InChI is InChI=1S/C15H15BrN2O3/c1-20-10-4-5-11(14(8-10)21-2)15(19)18-9-3-6-13(17)12(16)7-9/h3-8H,17H2,1-2H3,(H,18,19). The van der Waals surface area contributed by atoms with Gasteiger partial charge in [-0.25, -0.2) is 0 Å². The van der Waals surface area contributed by atoms with Crippen LogP contribution in [0.25, 0.3) is 0 Å². The molecular weight excluding hydrogens is 336 g/mol. The number of nitrogen functional groups attached to an aromatic ring is 1. The van der Waals surface area contributed by atoms with E-state index < -0.39 is 0 Å². The molecule has 0 saturated carbocycles. The van der Waals surface area contributed by atoms with Crippen LogP contribution in [0.3, 0.4) is 0 Å². The van der Waals surface area contributed by atoms with Crippen molar-refractivity contribution in [1.29, 1.82) is 0 Å². The lowest BCUT2D eigenvalue weighted by molar-refractivity contribution is 0.102. The number of hydrogen-bond donors (Lipinski definition) is 2. The van der Waals surface area contributed by atoms with Gasteiger partial charge in [0.05, 0.1) is 19.8 Å². The summed E-state index contributed by atoms with van der Waals surface area (Å²) in [6, 6.07) is 10.2. The predicted octanol–water partition coefficient (Wildman–Crippen LogP) is 3.30. The fourth-order valence-corrected chi connectivity index (χ4v) is 2.17. The van der Waals surface area contributed by atoms with Crippen molar-refractivity contribution in [2.24, 2.45) is 0 Å². The van der Waals surface area contributed by atoms with Crippen molar-refractivity contribution in [3.8, 4) is 11.5 Å². The number of rotatable bonds is 4. The van der Waals surface area contributed by atoms with E-state index in [0.717, 1.165) is 4.47 Å². The van der Waals surface area contributed by atoms with Gasteiger partial charge in [-0.15, -0.1) is 0 Å². The molecule has 0 aromatic heterocycles. The molecular formula is C15H15BrN2O3. The second-order valence-electron chi connectivity index (χ2n) is 4.26. The highest BCUT2D eigenvalue weighted by Gasteiger charge is 2.13. The molecule has 2 aromatic rings. The number of methoxy groups -OCH3 is 2. The number of hydrogen-bond acceptors (Lipinski definition) is 4. The molecule has 0 aliphatic rings. The first kappa shape index (κ1) is 15.2. The molecule has 0 fully saturated rings. The van der Waals surface area contributed by atoms with Crippen molar-refractivity contribution < 1.29 is 14.3 Å². The number of halogens is 1. The van der Waals surface area contributed by atoms with Crippen LogP contribution in [-0.4, -0.2) is 20.1 Å². The Kier molecular flexibility index (Phi) is 4.70. The Morgan fingerprint density at radius 2 is 1.90 bits per heavy atom. The monoisotopic (exact) mass is 350 g/mol. The summed E-state index contributed by atoms with van der Waals surface area (Å²) >= 11 is 3.32. The van der Waals surface area contributed by atoms with Crippen LogP contribution in [0.4, 0.5) is 11.4 Å². The molecule has 2 aromatic carbocycles. The van der Waals surface area contributed by atoms with Gasteiger partial charge < -0.3 is 20.5 Å². The van der Waals surface area contributed by atoms with Gasteiger partial charge in [-0.2, -0.15) is 0 Å². The lowest BCUT2D eigenvalue weighted by Gasteiger charge is -2.11. The van der Waals surface area contributed by atoms with Crippen LogP contribution in [0, 0.1) is 0 Å². The average Bonchev–Trinajstić information content (AvgIpc) is 2.50. The van der Waals surface area contributed by atoms with E-state index in [9.17, 15) is 4.79 Å². The molecule has 0 spiro atoms. The number of nitrogens with one attached hydrogen (secondary N) is 1. The van der Waals surface area contributed by atoms with Crippen molar-refractivity contribution in [1.82, 2.24) is 0 Å². The molecule has 2 rings (SSSR count). The smallest absolute Gasteiger partial charge is 0.259 e. The molecule has 0 unspecified atom stereocenters. The Labute approximate surface area is 131 Å². The van der Waals surface area contributed by atoms with Crippen LogP contribution in [-0.2, 0) is 0 Å². The number of benzene rings is 2.